The fraction of sp³-hybridized carbons (Fsp3) is 0.500. The number of rotatable bonds is 2. The third kappa shape index (κ3) is 8.29. The predicted molar refractivity (Wildman–Crippen MR) is 103 cm³/mol. The Labute approximate surface area is 160 Å². The van der Waals surface area contributed by atoms with Crippen LogP contribution in [-0.2, 0) is 14.3 Å². The van der Waals surface area contributed by atoms with Crippen LogP contribution in [0.5, 0.6) is 0 Å². The van der Waals surface area contributed by atoms with E-state index in [2.05, 4.69) is 11.1 Å². The Balaban J connectivity index is 2.07. The van der Waals surface area contributed by atoms with E-state index in [1.165, 1.54) is 6.08 Å². The van der Waals surface area contributed by atoms with Crippen molar-refractivity contribution in [1.82, 2.24) is 4.98 Å². The average molecular weight is 373 g/mol. The minimum absolute atomic E-state index is 0.0745. The first-order valence-corrected chi connectivity index (χ1v) is 9.78. The molecule has 0 aliphatic carbocycles. The molecule has 0 amide bonds. The van der Waals surface area contributed by atoms with E-state index in [0.717, 1.165) is 32.1 Å². The molecule has 1 atom stereocenters. The first-order valence-electron chi connectivity index (χ1n) is 9.78. The lowest BCUT2D eigenvalue weighted by Crippen LogP contribution is -2.20. The van der Waals surface area contributed by atoms with Crippen molar-refractivity contribution in [2.45, 2.75) is 57.8 Å². The zero-order valence-corrected chi connectivity index (χ0v) is 15.7. The average Bonchev–Trinajstić information content (AvgIpc) is 2.66. The van der Waals surface area contributed by atoms with Gasteiger partial charge in [0.2, 0.25) is 0 Å². The number of ketones is 1. The molecule has 2 heterocycles. The summed E-state index contributed by atoms with van der Waals surface area (Å²) in [5.41, 5.74) is 0.434. The fourth-order valence-electron chi connectivity index (χ4n) is 3.00. The Hall–Kier alpha value is -2.30. The summed E-state index contributed by atoms with van der Waals surface area (Å²) in [5, 5.41) is 0. The van der Waals surface area contributed by atoms with Gasteiger partial charge in [0.05, 0.1) is 12.3 Å². The molecule has 1 aliphatic rings. The Morgan fingerprint density at radius 1 is 1.07 bits per heavy atom. The molecule has 1 aromatic rings. The van der Waals surface area contributed by atoms with Gasteiger partial charge < -0.3 is 4.74 Å². The maximum absolute atomic E-state index is 14.7. The maximum atomic E-state index is 14.7. The number of carbonyl (C=O) groups excluding carboxylic acids is 2. The van der Waals surface area contributed by atoms with Crippen LogP contribution < -0.4 is 0 Å². The van der Waals surface area contributed by atoms with E-state index in [0.29, 0.717) is 18.5 Å². The second kappa shape index (κ2) is 12.2. The van der Waals surface area contributed by atoms with Gasteiger partial charge in [-0.05, 0) is 50.3 Å². The largest absolute Gasteiger partial charge is 0.465 e. The molecule has 4 nitrogen and oxygen atoms in total. The number of allylic oxidation sites excluding steroid dienone is 1. The highest BCUT2D eigenvalue weighted by Gasteiger charge is 2.26. The zero-order chi connectivity index (χ0) is 19.3. The molecule has 0 saturated carbocycles. The lowest BCUT2D eigenvalue weighted by molar-refractivity contribution is -0.147. The molecule has 0 radical (unpaired) electrons. The van der Waals surface area contributed by atoms with Crippen molar-refractivity contribution in [3.8, 4) is 0 Å². The van der Waals surface area contributed by atoms with Crippen molar-refractivity contribution in [1.29, 1.82) is 0 Å². The van der Waals surface area contributed by atoms with E-state index < -0.39 is 17.7 Å². The molecule has 0 bridgehead atoms. The van der Waals surface area contributed by atoms with Crippen LogP contribution in [0.3, 0.4) is 0 Å². The van der Waals surface area contributed by atoms with Gasteiger partial charge in [-0.3, -0.25) is 14.6 Å². The quantitative estimate of drug-likeness (QED) is 0.528. The molecule has 1 aromatic heterocycles. The maximum Gasteiger partial charge on any atom is 0.315 e. The van der Waals surface area contributed by atoms with E-state index in [9.17, 15) is 14.0 Å². The van der Waals surface area contributed by atoms with E-state index in [1.807, 2.05) is 6.08 Å². The minimum Gasteiger partial charge on any atom is -0.465 e. The van der Waals surface area contributed by atoms with Crippen LogP contribution in [0.1, 0.15) is 63.5 Å². The Bertz CT molecular complexity index is 655. The third-order valence-electron chi connectivity index (χ3n) is 4.57. The van der Waals surface area contributed by atoms with Crippen LogP contribution in [0.25, 0.3) is 6.08 Å². The molecule has 0 spiro atoms. The highest BCUT2D eigenvalue weighted by Crippen LogP contribution is 2.24. The molecule has 27 heavy (non-hydrogen) atoms. The van der Waals surface area contributed by atoms with Gasteiger partial charge in [-0.25, -0.2) is 4.39 Å². The van der Waals surface area contributed by atoms with Crippen LogP contribution in [0.4, 0.5) is 4.39 Å². The molecular formula is C22H28FNO3. The number of aromatic nitrogens is 1. The summed E-state index contributed by atoms with van der Waals surface area (Å²) in [7, 11) is 0. The van der Waals surface area contributed by atoms with Crippen molar-refractivity contribution in [2.24, 2.45) is 5.92 Å². The summed E-state index contributed by atoms with van der Waals surface area (Å²) in [6.07, 6.45) is 13.4. The number of carbonyl (C=O) groups is 2. The second-order valence-electron chi connectivity index (χ2n) is 6.79. The number of hydrogen-bond donors (Lipinski definition) is 0. The van der Waals surface area contributed by atoms with Crippen LogP contribution in [0.2, 0.25) is 0 Å². The molecule has 0 N–H and O–H groups in total. The van der Waals surface area contributed by atoms with Gasteiger partial charge in [0.25, 0.3) is 0 Å². The van der Waals surface area contributed by atoms with Gasteiger partial charge >= 0.3 is 5.97 Å². The first kappa shape index (κ1) is 21.0. The molecule has 0 fully saturated rings. The van der Waals surface area contributed by atoms with Crippen molar-refractivity contribution in [3.05, 3.63) is 48.1 Å². The summed E-state index contributed by atoms with van der Waals surface area (Å²) >= 11 is 0. The van der Waals surface area contributed by atoms with Gasteiger partial charge in [0.1, 0.15) is 17.5 Å². The van der Waals surface area contributed by atoms with E-state index in [1.54, 1.807) is 24.4 Å². The highest BCUT2D eigenvalue weighted by molar-refractivity contribution is 5.81. The van der Waals surface area contributed by atoms with Crippen molar-refractivity contribution >= 4 is 17.8 Å². The van der Waals surface area contributed by atoms with Crippen molar-refractivity contribution in [3.63, 3.8) is 0 Å². The highest BCUT2D eigenvalue weighted by atomic mass is 19.1. The van der Waals surface area contributed by atoms with Crippen LogP contribution in [0, 0.1) is 5.92 Å². The number of esters is 1. The van der Waals surface area contributed by atoms with Crippen LogP contribution in [0.15, 0.2) is 42.4 Å². The molecule has 146 valence electrons. The zero-order valence-electron chi connectivity index (χ0n) is 15.7. The smallest absolute Gasteiger partial charge is 0.315 e. The van der Waals surface area contributed by atoms with E-state index in [-0.39, 0.29) is 25.2 Å². The normalized spacial score (nSPS) is 22.9. The van der Waals surface area contributed by atoms with Crippen LogP contribution in [-0.4, -0.2) is 23.3 Å². The number of pyridine rings is 1. The van der Waals surface area contributed by atoms with Gasteiger partial charge in [-0.2, -0.15) is 0 Å². The predicted octanol–water partition coefficient (Wildman–Crippen LogP) is 5.20. The summed E-state index contributed by atoms with van der Waals surface area (Å²) in [5.74, 6) is -2.21. The summed E-state index contributed by atoms with van der Waals surface area (Å²) < 4.78 is 20.0. The minimum atomic E-state index is -1.06. The molecular weight excluding hydrogens is 345 g/mol. The number of cyclic esters (lactones) is 1. The number of hydrogen-bond acceptors (Lipinski definition) is 4. The molecule has 0 aromatic carbocycles. The summed E-state index contributed by atoms with van der Waals surface area (Å²) in [6.45, 7) is 0.219. The number of Topliss-reactive ketones (excluding diaryl/α,β-unsaturated/α-hetero) is 1. The first-order chi connectivity index (χ1) is 13.2. The number of halogens is 1. The lowest BCUT2D eigenvalue weighted by atomic mass is 9.97. The summed E-state index contributed by atoms with van der Waals surface area (Å²) in [4.78, 5) is 28.5. The molecule has 5 heteroatoms. The van der Waals surface area contributed by atoms with Crippen LogP contribution >= 0.6 is 0 Å². The Morgan fingerprint density at radius 3 is 2.70 bits per heavy atom. The number of nitrogens with zero attached hydrogens (tertiary/aromatic N) is 1. The summed E-state index contributed by atoms with van der Waals surface area (Å²) in [6, 6.07) is 5.15. The van der Waals surface area contributed by atoms with Gasteiger partial charge in [0.15, 0.2) is 0 Å². The van der Waals surface area contributed by atoms with Gasteiger partial charge in [-0.1, -0.05) is 31.1 Å². The fourth-order valence-corrected chi connectivity index (χ4v) is 3.00. The van der Waals surface area contributed by atoms with E-state index >= 15 is 0 Å². The molecule has 2 rings (SSSR count). The lowest BCUT2D eigenvalue weighted by Gasteiger charge is -2.14. The Kier molecular flexibility index (Phi) is 9.45. The van der Waals surface area contributed by atoms with Gasteiger partial charge in [-0.15, -0.1) is 0 Å². The van der Waals surface area contributed by atoms with Crippen molar-refractivity contribution in [2.75, 3.05) is 6.61 Å². The topological polar surface area (TPSA) is 56.3 Å². The molecule has 0 saturated heterocycles. The second-order valence-corrected chi connectivity index (χ2v) is 6.79. The SMILES string of the molecule is O=C1CCCCCC/C=C\CCOC(=O)C(C(F)=Cc2ccccn2)CC1. The molecule has 1 unspecified atom stereocenters. The van der Waals surface area contributed by atoms with E-state index in [4.69, 9.17) is 4.74 Å². The molecule has 1 aliphatic heterocycles. The van der Waals surface area contributed by atoms with Crippen molar-refractivity contribution < 1.29 is 18.7 Å². The monoisotopic (exact) mass is 373 g/mol. The van der Waals surface area contributed by atoms with Gasteiger partial charge in [0, 0.05) is 19.0 Å². The number of ether oxygens (including phenoxy) is 1. The third-order valence-corrected chi connectivity index (χ3v) is 4.57. The Morgan fingerprint density at radius 2 is 1.89 bits per heavy atom. The standard InChI is InChI=1S/C22H28FNO3/c23-21(17-18-11-8-9-15-24-18)20-14-13-19(25)12-7-5-3-1-2-4-6-10-16-27-22(20)26/h4,6,8-9,11,15,17,20H,1-3,5,7,10,12-14,16H2/b6-4-,21-17?.